The molecule has 0 saturated heterocycles. The molecule has 0 bridgehead atoms. The van der Waals surface area contributed by atoms with E-state index in [4.69, 9.17) is 15.0 Å². The number of rotatable bonds is 5. The summed E-state index contributed by atoms with van der Waals surface area (Å²) in [6, 6.07) is 4.71. The van der Waals surface area contributed by atoms with Crippen molar-refractivity contribution in [1.82, 2.24) is 14.9 Å². The van der Waals surface area contributed by atoms with Crippen LogP contribution in [0.15, 0.2) is 27.6 Å². The SMILES string of the molecule is COc1ccc(-c2nc(C3(N)CCC3)no2)cc1S(=O)(=O)NC(C)(C)C. The van der Waals surface area contributed by atoms with Crippen LogP contribution in [0.5, 0.6) is 5.75 Å². The van der Waals surface area contributed by atoms with Crippen LogP contribution < -0.4 is 15.2 Å². The van der Waals surface area contributed by atoms with Gasteiger partial charge < -0.3 is 15.0 Å². The Kier molecular flexibility index (Phi) is 4.58. The summed E-state index contributed by atoms with van der Waals surface area (Å²) in [5.74, 6) is 0.915. The highest BCUT2D eigenvalue weighted by atomic mass is 32.2. The summed E-state index contributed by atoms with van der Waals surface area (Å²) in [6.07, 6.45) is 2.65. The molecular formula is C17H24N4O4S. The molecule has 0 amide bonds. The lowest BCUT2D eigenvalue weighted by Gasteiger charge is -2.34. The molecule has 0 radical (unpaired) electrons. The smallest absolute Gasteiger partial charge is 0.258 e. The molecule has 9 heteroatoms. The number of nitrogens with zero attached hydrogens (tertiary/aromatic N) is 2. The van der Waals surface area contributed by atoms with E-state index in [1.54, 1.807) is 32.9 Å². The highest BCUT2D eigenvalue weighted by Gasteiger charge is 2.39. The second-order valence-corrected chi connectivity index (χ2v) is 9.30. The first-order valence-corrected chi connectivity index (χ1v) is 9.88. The molecule has 1 aliphatic carbocycles. The molecule has 0 unspecified atom stereocenters. The molecular weight excluding hydrogens is 356 g/mol. The highest BCUT2D eigenvalue weighted by Crippen LogP contribution is 2.38. The summed E-state index contributed by atoms with van der Waals surface area (Å²) < 4.78 is 38.7. The molecule has 1 saturated carbocycles. The Bertz CT molecular complexity index is 911. The van der Waals surface area contributed by atoms with E-state index < -0.39 is 21.1 Å². The van der Waals surface area contributed by atoms with Crippen LogP contribution in [0.4, 0.5) is 0 Å². The zero-order valence-corrected chi connectivity index (χ0v) is 16.2. The first kappa shape index (κ1) is 18.8. The monoisotopic (exact) mass is 380 g/mol. The van der Waals surface area contributed by atoms with Crippen molar-refractivity contribution in [2.75, 3.05) is 7.11 Å². The summed E-state index contributed by atoms with van der Waals surface area (Å²) in [7, 11) is -2.37. The van der Waals surface area contributed by atoms with E-state index in [-0.39, 0.29) is 16.5 Å². The first-order chi connectivity index (χ1) is 12.0. The highest BCUT2D eigenvalue weighted by molar-refractivity contribution is 7.89. The minimum atomic E-state index is -3.80. The van der Waals surface area contributed by atoms with Crippen molar-refractivity contribution in [3.63, 3.8) is 0 Å². The Labute approximate surface area is 153 Å². The Morgan fingerprint density at radius 2 is 2.00 bits per heavy atom. The van der Waals surface area contributed by atoms with Gasteiger partial charge in [0, 0.05) is 11.1 Å². The van der Waals surface area contributed by atoms with Crippen molar-refractivity contribution in [3.05, 3.63) is 24.0 Å². The fourth-order valence-electron chi connectivity index (χ4n) is 2.80. The fraction of sp³-hybridized carbons (Fsp3) is 0.529. The minimum absolute atomic E-state index is 0.0123. The lowest BCUT2D eigenvalue weighted by molar-refractivity contribution is 0.229. The van der Waals surface area contributed by atoms with Crippen LogP contribution in [-0.2, 0) is 15.6 Å². The maximum absolute atomic E-state index is 12.8. The van der Waals surface area contributed by atoms with Gasteiger partial charge in [-0.2, -0.15) is 4.98 Å². The van der Waals surface area contributed by atoms with Crippen molar-refractivity contribution in [2.45, 2.75) is 56.0 Å². The Morgan fingerprint density at radius 3 is 2.54 bits per heavy atom. The largest absolute Gasteiger partial charge is 0.495 e. The van der Waals surface area contributed by atoms with Crippen LogP contribution in [-0.4, -0.2) is 31.2 Å². The van der Waals surface area contributed by atoms with E-state index in [0.29, 0.717) is 11.4 Å². The molecule has 1 fully saturated rings. The third kappa shape index (κ3) is 3.60. The second-order valence-electron chi connectivity index (χ2n) is 7.65. The molecule has 8 nitrogen and oxygen atoms in total. The van der Waals surface area contributed by atoms with Gasteiger partial charge in [-0.05, 0) is 58.2 Å². The number of methoxy groups -OCH3 is 1. The molecule has 0 aliphatic heterocycles. The number of aromatic nitrogens is 2. The third-order valence-electron chi connectivity index (χ3n) is 4.26. The normalized spacial score (nSPS) is 17.0. The van der Waals surface area contributed by atoms with Gasteiger partial charge in [-0.1, -0.05) is 5.16 Å². The van der Waals surface area contributed by atoms with Gasteiger partial charge >= 0.3 is 0 Å². The molecule has 1 aromatic carbocycles. The van der Waals surface area contributed by atoms with Gasteiger partial charge in [-0.25, -0.2) is 13.1 Å². The summed E-state index contributed by atoms with van der Waals surface area (Å²) in [6.45, 7) is 5.30. The van der Waals surface area contributed by atoms with Crippen LogP contribution in [0.1, 0.15) is 45.9 Å². The average Bonchev–Trinajstić information content (AvgIpc) is 3.00. The van der Waals surface area contributed by atoms with Gasteiger partial charge in [0.15, 0.2) is 5.82 Å². The maximum Gasteiger partial charge on any atom is 0.258 e. The number of benzene rings is 1. The van der Waals surface area contributed by atoms with E-state index in [9.17, 15) is 8.42 Å². The lowest BCUT2D eigenvalue weighted by atomic mass is 9.77. The predicted molar refractivity (Wildman–Crippen MR) is 96.1 cm³/mol. The zero-order valence-electron chi connectivity index (χ0n) is 15.4. The molecule has 3 N–H and O–H groups in total. The van der Waals surface area contributed by atoms with Crippen LogP contribution >= 0.6 is 0 Å². The molecule has 0 spiro atoms. The number of hydrogen-bond donors (Lipinski definition) is 2. The van der Waals surface area contributed by atoms with Crippen LogP contribution in [0.3, 0.4) is 0 Å². The van der Waals surface area contributed by atoms with Crippen molar-refractivity contribution >= 4 is 10.0 Å². The van der Waals surface area contributed by atoms with Gasteiger partial charge in [-0.15, -0.1) is 0 Å². The van der Waals surface area contributed by atoms with Gasteiger partial charge in [-0.3, -0.25) is 0 Å². The number of sulfonamides is 1. The van der Waals surface area contributed by atoms with Crippen molar-refractivity contribution in [1.29, 1.82) is 0 Å². The Hall–Kier alpha value is -1.97. The summed E-state index contributed by atoms with van der Waals surface area (Å²) in [5, 5.41) is 3.97. The quantitative estimate of drug-likeness (QED) is 0.815. The number of ether oxygens (including phenoxy) is 1. The van der Waals surface area contributed by atoms with E-state index >= 15 is 0 Å². The fourth-order valence-corrected chi connectivity index (χ4v) is 4.42. The van der Waals surface area contributed by atoms with Crippen molar-refractivity contribution in [2.24, 2.45) is 5.73 Å². The van der Waals surface area contributed by atoms with E-state index in [1.807, 2.05) is 0 Å². The number of nitrogens with one attached hydrogen (secondary N) is 1. The molecule has 142 valence electrons. The zero-order chi connectivity index (χ0) is 19.2. The van der Waals surface area contributed by atoms with Gasteiger partial charge in [0.05, 0.1) is 12.6 Å². The molecule has 1 heterocycles. The van der Waals surface area contributed by atoms with Crippen molar-refractivity contribution in [3.8, 4) is 17.2 Å². The number of hydrogen-bond acceptors (Lipinski definition) is 7. The molecule has 1 aliphatic rings. The van der Waals surface area contributed by atoms with Crippen LogP contribution in [0.25, 0.3) is 11.5 Å². The molecule has 1 aromatic heterocycles. The Balaban J connectivity index is 2.00. The lowest BCUT2D eigenvalue weighted by Crippen LogP contribution is -2.44. The van der Waals surface area contributed by atoms with Gasteiger partial charge in [0.2, 0.25) is 10.0 Å². The molecule has 2 aromatic rings. The van der Waals surface area contributed by atoms with Crippen LogP contribution in [0.2, 0.25) is 0 Å². The molecule has 26 heavy (non-hydrogen) atoms. The van der Waals surface area contributed by atoms with E-state index in [0.717, 1.165) is 19.3 Å². The minimum Gasteiger partial charge on any atom is -0.495 e. The maximum atomic E-state index is 12.8. The summed E-state index contributed by atoms with van der Waals surface area (Å²) in [5.41, 5.74) is 5.53. The van der Waals surface area contributed by atoms with Gasteiger partial charge in [0.1, 0.15) is 10.6 Å². The second kappa shape index (κ2) is 6.33. The van der Waals surface area contributed by atoms with Crippen LogP contribution in [0, 0.1) is 0 Å². The van der Waals surface area contributed by atoms with Gasteiger partial charge in [0.25, 0.3) is 5.89 Å². The average molecular weight is 380 g/mol. The van der Waals surface area contributed by atoms with E-state index in [1.165, 1.54) is 13.2 Å². The summed E-state index contributed by atoms with van der Waals surface area (Å²) in [4.78, 5) is 4.38. The molecule has 0 atom stereocenters. The Morgan fingerprint density at radius 1 is 1.31 bits per heavy atom. The first-order valence-electron chi connectivity index (χ1n) is 8.40. The predicted octanol–water partition coefficient (Wildman–Crippen LogP) is 2.16. The topological polar surface area (TPSA) is 120 Å². The standard InChI is InChI=1S/C17H24N4O4S/c1-16(2,3)21-26(22,23)13-10-11(6-7-12(13)24-4)14-19-15(20-25-14)17(18)8-5-9-17/h6-7,10,21H,5,8-9,18H2,1-4H3. The van der Waals surface area contributed by atoms with E-state index in [2.05, 4.69) is 14.9 Å². The summed E-state index contributed by atoms with van der Waals surface area (Å²) >= 11 is 0. The number of nitrogens with two attached hydrogens (primary N) is 1. The van der Waals surface area contributed by atoms with Crippen molar-refractivity contribution < 1.29 is 17.7 Å². The third-order valence-corrected chi connectivity index (χ3v) is 6.04. The molecule has 3 rings (SSSR count).